The average Bonchev–Trinajstić information content (AvgIpc) is 2.98. The van der Waals surface area contributed by atoms with Crippen LogP contribution >= 0.6 is 0 Å². The molecule has 2 aliphatic heterocycles. The molecule has 1 aromatic heterocycles. The Balaban J connectivity index is 1.76. The van der Waals surface area contributed by atoms with Crippen LogP contribution in [0.15, 0.2) is 4.52 Å². The molecule has 0 amide bonds. The van der Waals surface area contributed by atoms with E-state index in [1.807, 2.05) is 7.05 Å². The standard InChI is InChI=1S/C11H18N4O3/c1-15-4-5-17-8(6-15)9-13-10(18-14-9)11(16)2-3-12-7-11/h8,12,16H,2-7H2,1H3. The molecule has 2 aliphatic rings. The summed E-state index contributed by atoms with van der Waals surface area (Å²) in [6, 6.07) is 0. The van der Waals surface area contributed by atoms with Crippen molar-refractivity contribution in [3.05, 3.63) is 11.7 Å². The summed E-state index contributed by atoms with van der Waals surface area (Å²) in [6.45, 7) is 3.54. The van der Waals surface area contributed by atoms with Gasteiger partial charge in [0.05, 0.1) is 6.61 Å². The molecule has 0 aliphatic carbocycles. The number of aliphatic hydroxyl groups is 1. The number of likely N-dealkylation sites (N-methyl/N-ethyl adjacent to an activating group) is 1. The molecule has 18 heavy (non-hydrogen) atoms. The smallest absolute Gasteiger partial charge is 0.260 e. The van der Waals surface area contributed by atoms with Gasteiger partial charge in [-0.15, -0.1) is 0 Å². The monoisotopic (exact) mass is 254 g/mol. The number of nitrogens with one attached hydrogen (secondary N) is 1. The molecule has 0 saturated carbocycles. The third-order valence-corrected chi connectivity index (χ3v) is 3.53. The number of morpholine rings is 1. The van der Waals surface area contributed by atoms with Crippen molar-refractivity contribution >= 4 is 0 Å². The lowest BCUT2D eigenvalue weighted by Gasteiger charge is -2.27. The first-order valence-electron chi connectivity index (χ1n) is 6.25. The maximum Gasteiger partial charge on any atom is 0.260 e. The first kappa shape index (κ1) is 12.0. The summed E-state index contributed by atoms with van der Waals surface area (Å²) in [4.78, 5) is 6.47. The third kappa shape index (κ3) is 2.14. The van der Waals surface area contributed by atoms with Gasteiger partial charge in [-0.05, 0) is 20.0 Å². The van der Waals surface area contributed by atoms with Gasteiger partial charge >= 0.3 is 0 Å². The minimum absolute atomic E-state index is 0.167. The second kappa shape index (κ2) is 4.58. The van der Waals surface area contributed by atoms with E-state index in [1.54, 1.807) is 0 Å². The van der Waals surface area contributed by atoms with Crippen molar-refractivity contribution in [3.8, 4) is 0 Å². The zero-order valence-electron chi connectivity index (χ0n) is 10.4. The van der Waals surface area contributed by atoms with Gasteiger partial charge in [-0.1, -0.05) is 5.16 Å². The normalized spacial score (nSPS) is 34.0. The summed E-state index contributed by atoms with van der Waals surface area (Å²) in [7, 11) is 2.03. The Hall–Kier alpha value is -1.02. The Morgan fingerprint density at radius 1 is 1.56 bits per heavy atom. The molecule has 2 N–H and O–H groups in total. The van der Waals surface area contributed by atoms with E-state index < -0.39 is 5.60 Å². The van der Waals surface area contributed by atoms with Crippen molar-refractivity contribution in [1.82, 2.24) is 20.4 Å². The van der Waals surface area contributed by atoms with E-state index in [0.717, 1.165) is 19.6 Å². The molecular weight excluding hydrogens is 236 g/mol. The quantitative estimate of drug-likeness (QED) is 0.718. The first-order chi connectivity index (χ1) is 8.67. The fourth-order valence-electron chi connectivity index (χ4n) is 2.35. The van der Waals surface area contributed by atoms with Crippen molar-refractivity contribution < 1.29 is 14.4 Å². The number of rotatable bonds is 2. The Kier molecular flexibility index (Phi) is 3.06. The van der Waals surface area contributed by atoms with E-state index in [1.165, 1.54) is 0 Å². The van der Waals surface area contributed by atoms with Gasteiger partial charge in [-0.2, -0.15) is 4.98 Å². The average molecular weight is 254 g/mol. The molecule has 100 valence electrons. The van der Waals surface area contributed by atoms with Gasteiger partial charge < -0.3 is 24.6 Å². The molecule has 0 aromatic carbocycles. The molecule has 2 atom stereocenters. The number of nitrogens with zero attached hydrogens (tertiary/aromatic N) is 3. The van der Waals surface area contributed by atoms with Gasteiger partial charge in [0.15, 0.2) is 5.60 Å². The molecule has 2 unspecified atom stereocenters. The second-order valence-electron chi connectivity index (χ2n) is 5.04. The summed E-state index contributed by atoms with van der Waals surface area (Å²) in [5, 5.41) is 17.3. The molecular formula is C11H18N4O3. The molecule has 7 nitrogen and oxygen atoms in total. The molecule has 0 spiro atoms. The molecule has 2 fully saturated rings. The molecule has 1 aromatic rings. The van der Waals surface area contributed by atoms with Gasteiger partial charge in [0.1, 0.15) is 6.10 Å². The Morgan fingerprint density at radius 2 is 2.44 bits per heavy atom. The van der Waals surface area contributed by atoms with Gasteiger partial charge in [-0.3, -0.25) is 0 Å². The highest BCUT2D eigenvalue weighted by atomic mass is 16.5. The number of hydrogen-bond acceptors (Lipinski definition) is 7. The molecule has 3 heterocycles. The molecule has 3 rings (SSSR count). The van der Waals surface area contributed by atoms with E-state index in [-0.39, 0.29) is 6.10 Å². The lowest BCUT2D eigenvalue weighted by Crippen LogP contribution is -2.35. The molecule has 0 radical (unpaired) electrons. The van der Waals surface area contributed by atoms with Gasteiger partial charge in [-0.25, -0.2) is 0 Å². The van der Waals surface area contributed by atoms with Crippen molar-refractivity contribution in [1.29, 1.82) is 0 Å². The lowest BCUT2D eigenvalue weighted by atomic mass is 10.0. The van der Waals surface area contributed by atoms with Gasteiger partial charge in [0.2, 0.25) is 5.82 Å². The largest absolute Gasteiger partial charge is 0.379 e. The zero-order chi connectivity index (χ0) is 12.6. The molecule has 0 bridgehead atoms. The topological polar surface area (TPSA) is 83.7 Å². The van der Waals surface area contributed by atoms with E-state index in [0.29, 0.717) is 31.3 Å². The first-order valence-corrected chi connectivity index (χ1v) is 6.25. The van der Waals surface area contributed by atoms with Crippen LogP contribution in [0.1, 0.15) is 24.2 Å². The molecule has 2 saturated heterocycles. The van der Waals surface area contributed by atoms with Crippen LogP contribution in [0.5, 0.6) is 0 Å². The Labute approximate surface area is 105 Å². The Morgan fingerprint density at radius 3 is 3.17 bits per heavy atom. The fraction of sp³-hybridized carbons (Fsp3) is 0.818. The number of hydrogen-bond donors (Lipinski definition) is 2. The minimum Gasteiger partial charge on any atom is -0.379 e. The van der Waals surface area contributed by atoms with E-state index >= 15 is 0 Å². The summed E-state index contributed by atoms with van der Waals surface area (Å²) < 4.78 is 10.8. The van der Waals surface area contributed by atoms with Gasteiger partial charge in [0, 0.05) is 19.6 Å². The second-order valence-corrected chi connectivity index (χ2v) is 5.04. The Bertz CT molecular complexity index is 416. The molecule has 7 heteroatoms. The predicted molar refractivity (Wildman–Crippen MR) is 61.9 cm³/mol. The highest BCUT2D eigenvalue weighted by Crippen LogP contribution is 2.28. The summed E-state index contributed by atoms with van der Waals surface area (Å²) in [5.74, 6) is 0.816. The lowest BCUT2D eigenvalue weighted by molar-refractivity contribution is -0.0264. The van der Waals surface area contributed by atoms with Crippen LogP contribution in [0.4, 0.5) is 0 Å². The van der Waals surface area contributed by atoms with Crippen LogP contribution < -0.4 is 5.32 Å². The highest BCUT2D eigenvalue weighted by Gasteiger charge is 2.39. The van der Waals surface area contributed by atoms with Crippen LogP contribution in [0.2, 0.25) is 0 Å². The summed E-state index contributed by atoms with van der Waals surface area (Å²) in [5.41, 5.74) is -1.02. The third-order valence-electron chi connectivity index (χ3n) is 3.53. The number of ether oxygens (including phenoxy) is 1. The summed E-state index contributed by atoms with van der Waals surface area (Å²) >= 11 is 0. The van der Waals surface area contributed by atoms with Crippen LogP contribution in [-0.4, -0.2) is 60.0 Å². The zero-order valence-corrected chi connectivity index (χ0v) is 10.4. The van der Waals surface area contributed by atoms with E-state index in [2.05, 4.69) is 20.4 Å². The SMILES string of the molecule is CN1CCOC(c2noc(C3(O)CCNC3)n2)C1. The van der Waals surface area contributed by atoms with Crippen LogP contribution in [0.3, 0.4) is 0 Å². The predicted octanol–water partition coefficient (Wildman–Crippen LogP) is -0.746. The number of β-amino-alcohol motifs (C(OH)–C–C–N with tert-alkyl or cyclic N) is 1. The van der Waals surface area contributed by atoms with Crippen molar-refractivity contribution in [3.63, 3.8) is 0 Å². The maximum atomic E-state index is 10.3. The number of aromatic nitrogens is 2. The van der Waals surface area contributed by atoms with E-state index in [9.17, 15) is 5.11 Å². The highest BCUT2D eigenvalue weighted by molar-refractivity contribution is 5.05. The van der Waals surface area contributed by atoms with Gasteiger partial charge in [0.25, 0.3) is 5.89 Å². The van der Waals surface area contributed by atoms with Crippen LogP contribution in [0, 0.1) is 0 Å². The fourth-order valence-corrected chi connectivity index (χ4v) is 2.35. The minimum atomic E-state index is -1.02. The van der Waals surface area contributed by atoms with Crippen LogP contribution in [0.25, 0.3) is 0 Å². The van der Waals surface area contributed by atoms with Crippen molar-refractivity contribution in [2.75, 3.05) is 39.8 Å². The van der Waals surface area contributed by atoms with Crippen LogP contribution in [-0.2, 0) is 10.3 Å². The van der Waals surface area contributed by atoms with E-state index in [4.69, 9.17) is 9.26 Å². The van der Waals surface area contributed by atoms with Crippen molar-refractivity contribution in [2.45, 2.75) is 18.1 Å². The van der Waals surface area contributed by atoms with Crippen molar-refractivity contribution in [2.24, 2.45) is 0 Å². The maximum absolute atomic E-state index is 10.3. The summed E-state index contributed by atoms with van der Waals surface area (Å²) in [6.07, 6.45) is 0.430.